The summed E-state index contributed by atoms with van der Waals surface area (Å²) >= 11 is 0. The van der Waals surface area contributed by atoms with Crippen LogP contribution in [-0.2, 0) is 0 Å². The number of nitrogens with zero attached hydrogens (tertiary/aromatic N) is 4. The van der Waals surface area contributed by atoms with E-state index in [1.165, 1.54) is 18.3 Å². The summed E-state index contributed by atoms with van der Waals surface area (Å²) in [5, 5.41) is 17.0. The predicted molar refractivity (Wildman–Crippen MR) is 53.6 cm³/mol. The smallest absolute Gasteiger partial charge is 0.174 e. The highest BCUT2D eigenvalue weighted by Gasteiger charge is 2.11. The van der Waals surface area contributed by atoms with Gasteiger partial charge in [-0.05, 0) is 37.0 Å². The number of aliphatic imine (C=N–C) groups is 2. The van der Waals surface area contributed by atoms with E-state index in [1.807, 2.05) is 0 Å². The standard InChI is InChI=1S/C10H8N4/c1-7-3-9(13-5-11)4-8(2)10(7)14-6-12/h3-4H,1-2H3/i1D2,2D2. The second-order valence-corrected chi connectivity index (χ2v) is 2.40. The Morgan fingerprint density at radius 3 is 2.14 bits per heavy atom. The van der Waals surface area contributed by atoms with E-state index in [2.05, 4.69) is 9.98 Å². The minimum Gasteiger partial charge on any atom is -0.174 e. The first kappa shape index (κ1) is 5.51. The molecule has 1 aliphatic rings. The van der Waals surface area contributed by atoms with Crippen molar-refractivity contribution in [2.75, 3.05) is 0 Å². The summed E-state index contributed by atoms with van der Waals surface area (Å²) in [7, 11) is 0. The van der Waals surface area contributed by atoms with Gasteiger partial charge in [-0.25, -0.2) is 0 Å². The van der Waals surface area contributed by atoms with Crippen LogP contribution in [0.25, 0.3) is 0 Å². The molecule has 0 N–H and O–H groups in total. The molecule has 0 saturated heterocycles. The molecule has 0 spiro atoms. The Hall–Kier alpha value is -2.20. The lowest BCUT2D eigenvalue weighted by atomic mass is 9.97. The van der Waals surface area contributed by atoms with Crippen LogP contribution < -0.4 is 0 Å². The van der Waals surface area contributed by atoms with Gasteiger partial charge in [-0.2, -0.15) is 20.5 Å². The van der Waals surface area contributed by atoms with Crippen LogP contribution in [0.2, 0.25) is 0 Å². The van der Waals surface area contributed by atoms with Crippen molar-refractivity contribution in [1.82, 2.24) is 0 Å². The van der Waals surface area contributed by atoms with Gasteiger partial charge in [0, 0.05) is 5.48 Å². The molecule has 0 aromatic heterocycles. The van der Waals surface area contributed by atoms with Crippen molar-refractivity contribution in [2.45, 2.75) is 13.8 Å². The number of hydrogen-bond acceptors (Lipinski definition) is 4. The number of nitriles is 2. The Balaban J connectivity index is 3.42. The summed E-state index contributed by atoms with van der Waals surface area (Å²) in [4.78, 5) is 6.89. The fourth-order valence-corrected chi connectivity index (χ4v) is 0.965. The molecule has 0 heterocycles. The van der Waals surface area contributed by atoms with E-state index in [9.17, 15) is 0 Å². The van der Waals surface area contributed by atoms with Gasteiger partial charge in [0.1, 0.15) is 0 Å². The zero-order valence-corrected chi connectivity index (χ0v) is 7.10. The summed E-state index contributed by atoms with van der Waals surface area (Å²) in [5.41, 5.74) is 0.216. The lowest BCUT2D eigenvalue weighted by Gasteiger charge is -2.10. The third-order valence-electron chi connectivity index (χ3n) is 1.49. The lowest BCUT2D eigenvalue weighted by molar-refractivity contribution is 1.38. The molecule has 0 saturated carbocycles. The quantitative estimate of drug-likeness (QED) is 0.429. The Bertz CT molecular complexity index is 513. The first-order chi connectivity index (χ1) is 8.51. The maximum absolute atomic E-state index is 8.57. The van der Waals surface area contributed by atoms with Gasteiger partial charge >= 0.3 is 0 Å². The Kier molecular flexibility index (Phi) is 1.64. The van der Waals surface area contributed by atoms with E-state index in [0.717, 1.165) is 0 Å². The maximum Gasteiger partial charge on any atom is 0.206 e. The van der Waals surface area contributed by atoms with Crippen LogP contribution in [0.1, 0.15) is 19.2 Å². The molecule has 68 valence electrons. The van der Waals surface area contributed by atoms with Crippen molar-refractivity contribution >= 4 is 11.4 Å². The number of allylic oxidation sites excluding steroid dienone is 4. The van der Waals surface area contributed by atoms with Crippen molar-refractivity contribution in [3.8, 4) is 12.4 Å². The van der Waals surface area contributed by atoms with Crippen LogP contribution in [0, 0.1) is 22.9 Å². The van der Waals surface area contributed by atoms with E-state index in [1.54, 1.807) is 6.19 Å². The first-order valence-electron chi connectivity index (χ1n) is 5.88. The SMILES string of the molecule is [2H]C([2H])C1=CC(=NC#N)C=C(C([2H])[2H])C1=NC#N. The predicted octanol–water partition coefficient (Wildman–Crippen LogP) is 1.74. The molecule has 0 unspecified atom stereocenters. The largest absolute Gasteiger partial charge is 0.206 e. The molecule has 0 aromatic carbocycles. The normalized spacial score (nSPS) is 19.4. The molecule has 0 fully saturated rings. The first-order valence-corrected chi connectivity index (χ1v) is 3.57. The molecule has 0 radical (unpaired) electrons. The van der Waals surface area contributed by atoms with Crippen LogP contribution >= 0.6 is 0 Å². The van der Waals surface area contributed by atoms with E-state index >= 15 is 0 Å². The highest BCUT2D eigenvalue weighted by Crippen LogP contribution is 2.14. The maximum atomic E-state index is 8.57. The third-order valence-corrected chi connectivity index (χ3v) is 1.49. The molecule has 0 aliphatic heterocycles. The van der Waals surface area contributed by atoms with Crippen molar-refractivity contribution in [2.24, 2.45) is 9.98 Å². The monoisotopic (exact) mass is 188 g/mol. The van der Waals surface area contributed by atoms with Crippen molar-refractivity contribution in [3.05, 3.63) is 23.3 Å². The molecule has 1 aliphatic carbocycles. The van der Waals surface area contributed by atoms with Crippen LogP contribution in [0.5, 0.6) is 0 Å². The van der Waals surface area contributed by atoms with Crippen molar-refractivity contribution in [1.29, 1.82) is 10.5 Å². The summed E-state index contributed by atoms with van der Waals surface area (Å²) in [6.07, 6.45) is 5.65. The van der Waals surface area contributed by atoms with Gasteiger partial charge in [0.25, 0.3) is 0 Å². The van der Waals surface area contributed by atoms with Gasteiger partial charge in [-0.1, -0.05) is 0 Å². The van der Waals surface area contributed by atoms with Crippen LogP contribution in [0.4, 0.5) is 0 Å². The topological polar surface area (TPSA) is 72.3 Å². The van der Waals surface area contributed by atoms with Gasteiger partial charge < -0.3 is 0 Å². The molecule has 14 heavy (non-hydrogen) atoms. The van der Waals surface area contributed by atoms with E-state index in [-0.39, 0.29) is 22.6 Å². The zero-order chi connectivity index (χ0) is 13.7. The fraction of sp³-hybridized carbons (Fsp3) is 0.200. The highest BCUT2D eigenvalue weighted by molar-refractivity contribution is 6.23. The fourth-order valence-electron chi connectivity index (χ4n) is 0.965. The van der Waals surface area contributed by atoms with Crippen molar-refractivity contribution < 1.29 is 5.48 Å². The van der Waals surface area contributed by atoms with Crippen LogP contribution in [0.3, 0.4) is 0 Å². The van der Waals surface area contributed by atoms with Gasteiger partial charge in [0.2, 0.25) is 12.4 Å². The average Bonchev–Trinajstić information content (AvgIpc) is 2.30. The highest BCUT2D eigenvalue weighted by atomic mass is 14.8. The van der Waals surface area contributed by atoms with Gasteiger partial charge in [0.05, 0.1) is 11.4 Å². The van der Waals surface area contributed by atoms with E-state index in [4.69, 9.17) is 16.0 Å². The van der Waals surface area contributed by atoms with E-state index in [0.29, 0.717) is 0 Å². The zero-order valence-electron chi connectivity index (χ0n) is 11.1. The minimum atomic E-state index is -1.44. The molecule has 4 heteroatoms. The summed E-state index contributed by atoms with van der Waals surface area (Å²) in [6, 6.07) is 0. The average molecular weight is 188 g/mol. The van der Waals surface area contributed by atoms with E-state index < -0.39 is 13.8 Å². The molecule has 0 bridgehead atoms. The summed E-state index contributed by atoms with van der Waals surface area (Å²) in [6.45, 7) is -2.88. The lowest BCUT2D eigenvalue weighted by Crippen LogP contribution is -2.10. The number of hydrogen-bond donors (Lipinski definition) is 0. The third kappa shape index (κ3) is 1.94. The Morgan fingerprint density at radius 2 is 1.71 bits per heavy atom. The minimum absolute atomic E-state index is 0.0283. The molecule has 1 rings (SSSR count). The number of rotatable bonds is 0. The van der Waals surface area contributed by atoms with Gasteiger partial charge in [-0.15, -0.1) is 0 Å². The molecule has 0 atom stereocenters. The van der Waals surface area contributed by atoms with Gasteiger partial charge in [0.15, 0.2) is 0 Å². The molecule has 0 amide bonds. The second-order valence-electron chi connectivity index (χ2n) is 2.40. The summed E-state index contributed by atoms with van der Waals surface area (Å²) in [5.74, 6) is 0. The van der Waals surface area contributed by atoms with Crippen LogP contribution in [-0.4, -0.2) is 11.4 Å². The Morgan fingerprint density at radius 1 is 1.14 bits per heavy atom. The summed E-state index contributed by atoms with van der Waals surface area (Å²) < 4.78 is 29.4. The molecular formula is C10H8N4. The molecular weight excluding hydrogens is 176 g/mol. The van der Waals surface area contributed by atoms with Crippen molar-refractivity contribution in [3.63, 3.8) is 0 Å². The second kappa shape index (κ2) is 4.15. The molecule has 4 nitrogen and oxygen atoms in total. The van der Waals surface area contributed by atoms with Crippen LogP contribution in [0.15, 0.2) is 33.3 Å². The van der Waals surface area contributed by atoms with Gasteiger partial charge in [-0.3, -0.25) is 0 Å². The Labute approximate surface area is 87.8 Å². The molecule has 0 aromatic rings.